The Labute approximate surface area is 268 Å². The molecule has 3 rings (SSSR count). The zero-order valence-corrected chi connectivity index (χ0v) is 28.1. The van der Waals surface area contributed by atoms with Gasteiger partial charge in [-0.3, -0.25) is 0 Å². The van der Waals surface area contributed by atoms with Crippen molar-refractivity contribution in [2.24, 2.45) is 0 Å². The quantitative estimate of drug-likeness (QED) is 0.149. The van der Waals surface area contributed by atoms with Gasteiger partial charge in [-0.2, -0.15) is 25.2 Å². The largest absolute Gasteiger partial charge is 0.524 e. The fraction of sp³-hybridized carbons (Fsp3) is 0.375. The third-order valence-electron chi connectivity index (χ3n) is 5.66. The second-order valence-corrected chi connectivity index (χ2v) is 16.5. The number of hydrogen-bond acceptors (Lipinski definition) is 9. The van der Waals surface area contributed by atoms with Crippen LogP contribution in [0.25, 0.3) is 0 Å². The van der Waals surface area contributed by atoms with Crippen LogP contribution in [0.2, 0.25) is 0 Å². The first kappa shape index (κ1) is 36.7. The summed E-state index contributed by atoms with van der Waals surface area (Å²) in [4.78, 5) is 24.5. The number of alkyl halides is 3. The van der Waals surface area contributed by atoms with E-state index in [2.05, 4.69) is 0 Å². The van der Waals surface area contributed by atoms with Crippen molar-refractivity contribution in [1.29, 1.82) is 0 Å². The molecule has 46 heavy (non-hydrogen) atoms. The normalized spacial score (nSPS) is 13.1. The molecule has 0 aliphatic rings. The highest BCUT2D eigenvalue weighted by Crippen LogP contribution is 2.71. The third-order valence-corrected chi connectivity index (χ3v) is 10.6. The van der Waals surface area contributed by atoms with Gasteiger partial charge in [0.1, 0.15) is 22.7 Å². The standard InChI is InChI=1S/C32H37F3O9S2/c1-22-9-8-10-27(19-22)45(44-46(38,39)32(33,34)35,25-15-11-23(12-16-25)40-20-28(36)42-30(2,3)4)26-17-13-24(14-18-26)41-21-29(37)43-31(5,6)7/h8-19H,20-21H2,1-7H3. The fourth-order valence-electron chi connectivity index (χ4n) is 3.97. The van der Waals surface area contributed by atoms with Crippen LogP contribution in [0.4, 0.5) is 13.2 Å². The van der Waals surface area contributed by atoms with Crippen LogP contribution in [0, 0.1) is 6.92 Å². The predicted molar refractivity (Wildman–Crippen MR) is 165 cm³/mol. The van der Waals surface area contributed by atoms with Crippen LogP contribution in [-0.4, -0.2) is 50.3 Å². The van der Waals surface area contributed by atoms with E-state index < -0.39 is 62.3 Å². The van der Waals surface area contributed by atoms with Crippen molar-refractivity contribution in [3.8, 4) is 11.5 Å². The van der Waals surface area contributed by atoms with Crippen molar-refractivity contribution < 1.29 is 53.8 Å². The summed E-state index contributed by atoms with van der Waals surface area (Å²) in [6.07, 6.45) is 0. The Morgan fingerprint density at radius 1 is 0.652 bits per heavy atom. The molecule has 0 bridgehead atoms. The van der Waals surface area contributed by atoms with Gasteiger partial charge in [0, 0.05) is 14.7 Å². The van der Waals surface area contributed by atoms with Gasteiger partial charge in [0.15, 0.2) is 13.2 Å². The third kappa shape index (κ3) is 9.87. The number of hydrogen-bond donors (Lipinski definition) is 0. The van der Waals surface area contributed by atoms with Crippen LogP contribution in [0.15, 0.2) is 87.5 Å². The van der Waals surface area contributed by atoms with E-state index in [-0.39, 0.29) is 26.2 Å². The number of ether oxygens (including phenoxy) is 4. The molecule has 252 valence electrons. The lowest BCUT2D eigenvalue weighted by Gasteiger charge is -2.39. The summed E-state index contributed by atoms with van der Waals surface area (Å²) in [5, 5.41) is 0. The smallest absolute Gasteiger partial charge is 0.482 e. The first-order valence-corrected chi connectivity index (χ1v) is 16.9. The van der Waals surface area contributed by atoms with Gasteiger partial charge >= 0.3 is 27.6 Å². The van der Waals surface area contributed by atoms with Crippen molar-refractivity contribution in [3.05, 3.63) is 78.4 Å². The fourth-order valence-corrected chi connectivity index (χ4v) is 8.78. The monoisotopic (exact) mass is 686 g/mol. The molecule has 0 radical (unpaired) electrons. The number of benzene rings is 3. The molecule has 3 aromatic carbocycles. The van der Waals surface area contributed by atoms with Crippen molar-refractivity contribution in [1.82, 2.24) is 0 Å². The van der Waals surface area contributed by atoms with E-state index in [1.54, 1.807) is 66.7 Å². The summed E-state index contributed by atoms with van der Waals surface area (Å²) in [6, 6.07) is 17.4. The minimum atomic E-state index is -6.16. The Morgan fingerprint density at radius 2 is 1.07 bits per heavy atom. The van der Waals surface area contributed by atoms with Crippen LogP contribution in [-0.2, 0) is 32.8 Å². The Kier molecular flexibility index (Phi) is 11.1. The van der Waals surface area contributed by atoms with Crippen LogP contribution in [0.5, 0.6) is 11.5 Å². The van der Waals surface area contributed by atoms with Gasteiger partial charge in [-0.05, 0) is 125 Å². The number of aryl methyl sites for hydroxylation is 1. The topological polar surface area (TPSA) is 114 Å². The molecule has 0 amide bonds. The Morgan fingerprint density at radius 3 is 1.41 bits per heavy atom. The van der Waals surface area contributed by atoms with Gasteiger partial charge < -0.3 is 18.9 Å². The van der Waals surface area contributed by atoms with Gasteiger partial charge in [0.2, 0.25) is 0 Å². The predicted octanol–water partition coefficient (Wildman–Crippen LogP) is 7.50. The highest BCUT2D eigenvalue weighted by atomic mass is 32.3. The van der Waals surface area contributed by atoms with E-state index >= 15 is 0 Å². The van der Waals surface area contributed by atoms with Crippen LogP contribution < -0.4 is 9.47 Å². The molecule has 0 heterocycles. The lowest BCUT2D eigenvalue weighted by molar-refractivity contribution is -0.158. The molecule has 3 aromatic rings. The number of halogens is 3. The number of carbonyl (C=O) groups is 2. The maximum absolute atomic E-state index is 13.9. The average molecular weight is 687 g/mol. The first-order chi connectivity index (χ1) is 21.1. The first-order valence-electron chi connectivity index (χ1n) is 13.9. The molecule has 0 N–H and O–H groups in total. The van der Waals surface area contributed by atoms with Crippen LogP contribution in [0.3, 0.4) is 0 Å². The lowest BCUT2D eigenvalue weighted by atomic mass is 10.2. The minimum Gasteiger partial charge on any atom is -0.482 e. The van der Waals surface area contributed by atoms with Gasteiger partial charge in [-0.25, -0.2) is 9.59 Å². The van der Waals surface area contributed by atoms with Gasteiger partial charge in [-0.1, -0.05) is 12.1 Å². The van der Waals surface area contributed by atoms with E-state index in [0.717, 1.165) is 0 Å². The summed E-state index contributed by atoms with van der Waals surface area (Å²) in [7, 11) is -9.80. The highest BCUT2D eigenvalue weighted by molar-refractivity contribution is 8.33. The van der Waals surface area contributed by atoms with Crippen molar-refractivity contribution in [2.75, 3.05) is 13.2 Å². The highest BCUT2D eigenvalue weighted by Gasteiger charge is 2.52. The molecule has 0 saturated heterocycles. The summed E-state index contributed by atoms with van der Waals surface area (Å²) >= 11 is 0. The zero-order chi connectivity index (χ0) is 34.6. The Bertz CT molecular complexity index is 1550. The SMILES string of the molecule is Cc1cccc(S(OS(=O)(=O)C(F)(F)F)(c2ccc(OCC(=O)OC(C)(C)C)cc2)c2ccc(OCC(=O)OC(C)(C)C)cc2)c1. The van der Waals surface area contributed by atoms with Crippen molar-refractivity contribution in [3.63, 3.8) is 0 Å². The maximum Gasteiger partial charge on any atom is 0.524 e. The second kappa shape index (κ2) is 13.9. The molecule has 0 unspecified atom stereocenters. The molecule has 0 spiro atoms. The van der Waals surface area contributed by atoms with Gasteiger partial charge in [0.05, 0.1) is 0 Å². The van der Waals surface area contributed by atoms with E-state index in [9.17, 15) is 31.2 Å². The zero-order valence-electron chi connectivity index (χ0n) is 26.5. The van der Waals surface area contributed by atoms with E-state index in [0.29, 0.717) is 5.56 Å². The molecule has 9 nitrogen and oxygen atoms in total. The molecular formula is C32H37F3O9S2. The maximum atomic E-state index is 13.9. The van der Waals surface area contributed by atoms with Crippen molar-refractivity contribution >= 4 is 32.4 Å². The van der Waals surface area contributed by atoms with E-state index in [1.165, 1.54) is 54.6 Å². The Hall–Kier alpha value is -3.75. The lowest BCUT2D eigenvalue weighted by Crippen LogP contribution is -2.28. The number of esters is 2. The van der Waals surface area contributed by atoms with Gasteiger partial charge in [-0.15, -0.1) is 0 Å². The molecule has 0 saturated carbocycles. The van der Waals surface area contributed by atoms with Crippen LogP contribution >= 0.6 is 10.3 Å². The van der Waals surface area contributed by atoms with Crippen LogP contribution in [0.1, 0.15) is 47.1 Å². The number of rotatable bonds is 11. The molecule has 14 heteroatoms. The molecule has 0 aromatic heterocycles. The van der Waals surface area contributed by atoms with Crippen molar-refractivity contribution in [2.45, 2.75) is 79.9 Å². The number of carbonyl (C=O) groups excluding carboxylic acids is 2. The molecule has 0 atom stereocenters. The molecule has 0 aliphatic heterocycles. The molecule has 0 fully saturated rings. The summed E-state index contributed by atoms with van der Waals surface area (Å²) < 4.78 is 93.8. The van der Waals surface area contributed by atoms with E-state index in [4.69, 9.17) is 22.6 Å². The molecule has 0 aliphatic carbocycles. The molecular weight excluding hydrogens is 649 g/mol. The second-order valence-electron chi connectivity index (χ2n) is 12.0. The summed E-state index contributed by atoms with van der Waals surface area (Å²) in [6.45, 7) is 11.0. The van der Waals surface area contributed by atoms with Gasteiger partial charge in [0.25, 0.3) is 0 Å². The Balaban J connectivity index is 2.11. The summed E-state index contributed by atoms with van der Waals surface area (Å²) in [5.41, 5.74) is -6.57. The minimum absolute atomic E-state index is 0.0815. The average Bonchev–Trinajstić information content (AvgIpc) is 2.92. The van der Waals surface area contributed by atoms with E-state index in [1.807, 2.05) is 0 Å². The summed E-state index contributed by atoms with van der Waals surface area (Å²) in [5.74, 6) is -0.914.